The second-order valence-electron chi connectivity index (χ2n) is 3.50. The summed E-state index contributed by atoms with van der Waals surface area (Å²) >= 11 is 0. The van der Waals surface area contributed by atoms with Gasteiger partial charge in [-0.05, 0) is 17.2 Å². The summed E-state index contributed by atoms with van der Waals surface area (Å²) in [5, 5.41) is 8.91. The van der Waals surface area contributed by atoms with Crippen LogP contribution in [0.25, 0.3) is 5.57 Å². The van der Waals surface area contributed by atoms with E-state index in [1.54, 1.807) is 18.5 Å². The highest BCUT2D eigenvalue weighted by Gasteiger charge is 2.06. The molecule has 0 radical (unpaired) electrons. The molecule has 1 N–H and O–H groups in total. The van der Waals surface area contributed by atoms with Gasteiger partial charge in [-0.3, -0.25) is 4.98 Å². The molecule has 0 amide bonds. The molecule has 0 aliphatic rings. The van der Waals surface area contributed by atoms with Gasteiger partial charge in [0.05, 0.1) is 0 Å². The van der Waals surface area contributed by atoms with Crippen molar-refractivity contribution in [1.29, 1.82) is 0 Å². The van der Waals surface area contributed by atoms with Crippen molar-refractivity contribution in [2.45, 2.75) is 0 Å². The standard InChI is InChI=1S/C14H11NO2.ClH/c16-14(17)9-13(11-5-2-1-3-6-11)12-7-4-8-15-10-12;/h1-10H,(H,16,17);1H/b13-9+;. The predicted molar refractivity (Wildman–Crippen MR) is 72.6 cm³/mol. The molecule has 1 aromatic heterocycles. The summed E-state index contributed by atoms with van der Waals surface area (Å²) in [6.45, 7) is 0. The highest BCUT2D eigenvalue weighted by molar-refractivity contribution is 5.95. The van der Waals surface area contributed by atoms with E-state index in [1.807, 2.05) is 36.4 Å². The first-order valence-corrected chi connectivity index (χ1v) is 5.18. The zero-order valence-corrected chi connectivity index (χ0v) is 10.3. The summed E-state index contributed by atoms with van der Waals surface area (Å²) in [5.41, 5.74) is 2.32. The molecular formula is C14H12ClNO2. The lowest BCUT2D eigenvalue weighted by molar-refractivity contribution is -0.131. The van der Waals surface area contributed by atoms with Gasteiger partial charge in [-0.1, -0.05) is 36.4 Å². The number of carboxylic acids is 1. The molecule has 92 valence electrons. The molecule has 0 bridgehead atoms. The number of hydrogen-bond donors (Lipinski definition) is 1. The van der Waals surface area contributed by atoms with Gasteiger partial charge in [0.15, 0.2) is 0 Å². The van der Waals surface area contributed by atoms with Crippen molar-refractivity contribution in [3.8, 4) is 0 Å². The maximum Gasteiger partial charge on any atom is 0.328 e. The molecule has 4 heteroatoms. The fraction of sp³-hybridized carbons (Fsp3) is 0. The van der Waals surface area contributed by atoms with Crippen LogP contribution in [-0.2, 0) is 4.79 Å². The second kappa shape index (κ2) is 6.57. The molecule has 18 heavy (non-hydrogen) atoms. The van der Waals surface area contributed by atoms with E-state index in [9.17, 15) is 4.79 Å². The van der Waals surface area contributed by atoms with Crippen molar-refractivity contribution in [3.63, 3.8) is 0 Å². The normalized spacial score (nSPS) is 10.6. The van der Waals surface area contributed by atoms with E-state index in [1.165, 1.54) is 6.08 Å². The number of nitrogens with zero attached hydrogens (tertiary/aromatic N) is 1. The molecule has 2 rings (SSSR count). The number of pyridine rings is 1. The Morgan fingerprint density at radius 2 is 1.72 bits per heavy atom. The molecule has 0 aliphatic carbocycles. The van der Waals surface area contributed by atoms with Gasteiger partial charge in [-0.25, -0.2) is 4.79 Å². The molecule has 1 aromatic carbocycles. The lowest BCUT2D eigenvalue weighted by Gasteiger charge is -2.06. The largest absolute Gasteiger partial charge is 0.478 e. The van der Waals surface area contributed by atoms with Crippen molar-refractivity contribution < 1.29 is 9.90 Å². The van der Waals surface area contributed by atoms with Gasteiger partial charge in [0.25, 0.3) is 0 Å². The number of carboxylic acid groups (broad SMARTS) is 1. The van der Waals surface area contributed by atoms with Crippen molar-refractivity contribution >= 4 is 23.9 Å². The minimum Gasteiger partial charge on any atom is -0.478 e. The number of aliphatic carboxylic acids is 1. The van der Waals surface area contributed by atoms with E-state index in [0.717, 1.165) is 11.1 Å². The zero-order chi connectivity index (χ0) is 12.1. The minimum atomic E-state index is -0.965. The van der Waals surface area contributed by atoms with Crippen LogP contribution in [0, 0.1) is 0 Å². The Hall–Kier alpha value is -2.13. The number of halogens is 1. The zero-order valence-electron chi connectivity index (χ0n) is 9.48. The van der Waals surface area contributed by atoms with E-state index >= 15 is 0 Å². The van der Waals surface area contributed by atoms with E-state index in [-0.39, 0.29) is 12.4 Å². The fourth-order valence-electron chi connectivity index (χ4n) is 1.60. The summed E-state index contributed by atoms with van der Waals surface area (Å²) in [6, 6.07) is 13.0. The van der Waals surface area contributed by atoms with Gasteiger partial charge >= 0.3 is 5.97 Å². The van der Waals surface area contributed by atoms with Crippen LogP contribution in [0.4, 0.5) is 0 Å². The Morgan fingerprint density at radius 1 is 1.06 bits per heavy atom. The summed E-state index contributed by atoms with van der Waals surface area (Å²) in [5.74, 6) is -0.965. The van der Waals surface area contributed by atoms with Crippen LogP contribution in [0.3, 0.4) is 0 Å². The van der Waals surface area contributed by atoms with Gasteiger partial charge in [-0.2, -0.15) is 0 Å². The summed E-state index contributed by atoms with van der Waals surface area (Å²) in [6.07, 6.45) is 4.51. The molecule has 1 heterocycles. The lowest BCUT2D eigenvalue weighted by Crippen LogP contribution is -1.94. The van der Waals surface area contributed by atoms with Crippen molar-refractivity contribution in [3.05, 3.63) is 72.1 Å². The molecule has 0 fully saturated rings. The first-order valence-electron chi connectivity index (χ1n) is 5.18. The number of rotatable bonds is 3. The van der Waals surface area contributed by atoms with Crippen LogP contribution < -0.4 is 0 Å². The fourth-order valence-corrected chi connectivity index (χ4v) is 1.60. The highest BCUT2D eigenvalue weighted by Crippen LogP contribution is 2.22. The van der Waals surface area contributed by atoms with Gasteiger partial charge < -0.3 is 5.11 Å². The molecule has 2 aromatic rings. The quantitative estimate of drug-likeness (QED) is 0.864. The van der Waals surface area contributed by atoms with Crippen molar-refractivity contribution in [2.75, 3.05) is 0 Å². The highest BCUT2D eigenvalue weighted by atomic mass is 35.5. The molecule has 0 unspecified atom stereocenters. The number of aromatic nitrogens is 1. The average Bonchev–Trinajstić information content (AvgIpc) is 2.38. The van der Waals surface area contributed by atoms with E-state index in [0.29, 0.717) is 5.57 Å². The maximum atomic E-state index is 10.9. The maximum absolute atomic E-state index is 10.9. The predicted octanol–water partition coefficient (Wildman–Crippen LogP) is 3.02. The Balaban J connectivity index is 0.00000162. The molecule has 3 nitrogen and oxygen atoms in total. The Kier molecular flexibility index (Phi) is 5.08. The third kappa shape index (κ3) is 3.43. The first-order chi connectivity index (χ1) is 8.27. The monoisotopic (exact) mass is 261 g/mol. The van der Waals surface area contributed by atoms with Crippen LogP contribution >= 0.6 is 12.4 Å². The Bertz CT molecular complexity index is 497. The van der Waals surface area contributed by atoms with E-state index < -0.39 is 5.97 Å². The average molecular weight is 262 g/mol. The smallest absolute Gasteiger partial charge is 0.328 e. The van der Waals surface area contributed by atoms with E-state index in [4.69, 9.17) is 5.11 Å². The van der Waals surface area contributed by atoms with E-state index in [2.05, 4.69) is 4.98 Å². The topological polar surface area (TPSA) is 50.2 Å². The third-order valence-electron chi connectivity index (χ3n) is 2.33. The Labute approximate surface area is 111 Å². The second-order valence-corrected chi connectivity index (χ2v) is 3.50. The molecule has 0 aliphatic heterocycles. The van der Waals surface area contributed by atoms with Crippen LogP contribution in [0.15, 0.2) is 60.9 Å². The van der Waals surface area contributed by atoms with Gasteiger partial charge in [0.1, 0.15) is 0 Å². The molecule has 0 saturated heterocycles. The van der Waals surface area contributed by atoms with Crippen LogP contribution in [-0.4, -0.2) is 16.1 Å². The molecule has 0 saturated carbocycles. The third-order valence-corrected chi connectivity index (χ3v) is 2.33. The van der Waals surface area contributed by atoms with Crippen LogP contribution in [0.5, 0.6) is 0 Å². The molecule has 0 spiro atoms. The van der Waals surface area contributed by atoms with Gasteiger partial charge in [0.2, 0.25) is 0 Å². The van der Waals surface area contributed by atoms with Gasteiger partial charge in [-0.15, -0.1) is 12.4 Å². The summed E-state index contributed by atoms with van der Waals surface area (Å²) in [4.78, 5) is 14.9. The number of carbonyl (C=O) groups is 1. The SMILES string of the molecule is Cl.O=C(O)/C=C(\c1ccccc1)c1cccnc1. The molecule has 0 atom stereocenters. The Morgan fingerprint density at radius 3 is 2.28 bits per heavy atom. The lowest BCUT2D eigenvalue weighted by atomic mass is 9.99. The van der Waals surface area contributed by atoms with Crippen LogP contribution in [0.1, 0.15) is 11.1 Å². The minimum absolute atomic E-state index is 0. The summed E-state index contributed by atoms with van der Waals surface area (Å²) in [7, 11) is 0. The number of hydrogen-bond acceptors (Lipinski definition) is 2. The summed E-state index contributed by atoms with van der Waals surface area (Å²) < 4.78 is 0. The first kappa shape index (κ1) is 13.9. The van der Waals surface area contributed by atoms with Crippen LogP contribution in [0.2, 0.25) is 0 Å². The van der Waals surface area contributed by atoms with Gasteiger partial charge in [0, 0.05) is 24.0 Å². The van der Waals surface area contributed by atoms with Crippen molar-refractivity contribution in [2.24, 2.45) is 0 Å². The molecular weight excluding hydrogens is 250 g/mol. The van der Waals surface area contributed by atoms with Crippen molar-refractivity contribution in [1.82, 2.24) is 4.98 Å². The number of benzene rings is 1.